The molecule has 1 aromatic rings. The summed E-state index contributed by atoms with van der Waals surface area (Å²) in [5.41, 5.74) is 1.25. The fourth-order valence-corrected chi connectivity index (χ4v) is 2.31. The monoisotopic (exact) mass is 321 g/mol. The number of carbonyl (C=O) groups excluding carboxylic acids is 1. The number of carbonyl (C=O) groups is 2. The van der Waals surface area contributed by atoms with Gasteiger partial charge in [-0.2, -0.15) is 0 Å². The molecule has 1 amide bonds. The van der Waals surface area contributed by atoms with Crippen LogP contribution in [0.1, 0.15) is 26.3 Å². The first-order valence-electron chi connectivity index (χ1n) is 7.63. The molecule has 2 rings (SSSR count). The van der Waals surface area contributed by atoms with Gasteiger partial charge in [-0.1, -0.05) is 32.9 Å². The molecule has 1 aliphatic heterocycles. The maximum atomic E-state index is 12.1. The minimum Gasteiger partial charge on any atom is -0.484 e. The lowest BCUT2D eigenvalue weighted by Gasteiger charge is -2.30. The second-order valence-corrected chi connectivity index (χ2v) is 6.60. The van der Waals surface area contributed by atoms with Crippen LogP contribution < -0.4 is 4.74 Å². The maximum absolute atomic E-state index is 12.1. The van der Waals surface area contributed by atoms with Gasteiger partial charge in [-0.3, -0.25) is 4.79 Å². The summed E-state index contributed by atoms with van der Waals surface area (Å²) < 4.78 is 10.6. The van der Waals surface area contributed by atoms with E-state index in [1.165, 1.54) is 10.5 Å². The van der Waals surface area contributed by atoms with Crippen molar-refractivity contribution < 1.29 is 24.2 Å². The van der Waals surface area contributed by atoms with Gasteiger partial charge in [0, 0.05) is 6.54 Å². The molecule has 0 spiro atoms. The van der Waals surface area contributed by atoms with Gasteiger partial charge in [0.2, 0.25) is 0 Å². The van der Waals surface area contributed by atoms with E-state index in [0.717, 1.165) is 0 Å². The smallest absolute Gasteiger partial charge is 0.334 e. The molecule has 0 radical (unpaired) electrons. The van der Waals surface area contributed by atoms with Crippen molar-refractivity contribution in [1.82, 2.24) is 4.90 Å². The second-order valence-electron chi connectivity index (χ2n) is 6.60. The van der Waals surface area contributed by atoms with Crippen LogP contribution in [0.4, 0.5) is 0 Å². The van der Waals surface area contributed by atoms with Crippen LogP contribution in [-0.4, -0.2) is 54.3 Å². The third-order valence-corrected chi connectivity index (χ3v) is 3.78. The Balaban J connectivity index is 1.88. The highest BCUT2D eigenvalue weighted by atomic mass is 16.5. The van der Waals surface area contributed by atoms with Crippen molar-refractivity contribution in [2.45, 2.75) is 32.3 Å². The first-order chi connectivity index (χ1) is 10.8. The van der Waals surface area contributed by atoms with Crippen molar-refractivity contribution in [3.63, 3.8) is 0 Å². The number of hydrogen-bond acceptors (Lipinski definition) is 4. The van der Waals surface area contributed by atoms with Gasteiger partial charge in [0.15, 0.2) is 12.7 Å². The molecule has 1 aliphatic rings. The van der Waals surface area contributed by atoms with E-state index in [2.05, 4.69) is 20.8 Å². The van der Waals surface area contributed by atoms with Crippen LogP contribution >= 0.6 is 0 Å². The molecule has 1 aromatic carbocycles. The summed E-state index contributed by atoms with van der Waals surface area (Å²) in [6, 6.07) is 7.64. The molecule has 1 heterocycles. The molecule has 0 bridgehead atoms. The van der Waals surface area contributed by atoms with Crippen molar-refractivity contribution in [3.05, 3.63) is 29.8 Å². The molecule has 0 saturated carbocycles. The van der Waals surface area contributed by atoms with Crippen LogP contribution in [0, 0.1) is 0 Å². The van der Waals surface area contributed by atoms with Crippen molar-refractivity contribution >= 4 is 11.9 Å². The number of amides is 1. The molecular weight excluding hydrogens is 298 g/mol. The van der Waals surface area contributed by atoms with Gasteiger partial charge >= 0.3 is 5.97 Å². The van der Waals surface area contributed by atoms with E-state index in [4.69, 9.17) is 14.6 Å². The van der Waals surface area contributed by atoms with E-state index in [1.54, 1.807) is 0 Å². The number of rotatable bonds is 4. The Morgan fingerprint density at radius 2 is 1.96 bits per heavy atom. The molecule has 1 atom stereocenters. The lowest BCUT2D eigenvalue weighted by molar-refractivity contribution is -0.159. The van der Waals surface area contributed by atoms with E-state index in [1.807, 2.05) is 24.3 Å². The number of nitrogens with zero attached hydrogens (tertiary/aromatic N) is 1. The quantitative estimate of drug-likeness (QED) is 0.913. The first-order valence-corrected chi connectivity index (χ1v) is 7.63. The fourth-order valence-electron chi connectivity index (χ4n) is 2.31. The molecule has 1 N–H and O–H groups in total. The highest BCUT2D eigenvalue weighted by Gasteiger charge is 2.29. The average Bonchev–Trinajstić information content (AvgIpc) is 2.52. The number of carboxylic acid groups (broad SMARTS) is 1. The zero-order chi connectivity index (χ0) is 17.0. The Hall–Kier alpha value is -2.08. The Labute approximate surface area is 136 Å². The van der Waals surface area contributed by atoms with Gasteiger partial charge in [0.05, 0.1) is 13.2 Å². The van der Waals surface area contributed by atoms with Crippen LogP contribution in [-0.2, 0) is 19.7 Å². The third-order valence-electron chi connectivity index (χ3n) is 3.78. The van der Waals surface area contributed by atoms with Crippen molar-refractivity contribution in [2.75, 3.05) is 26.3 Å². The maximum Gasteiger partial charge on any atom is 0.334 e. The van der Waals surface area contributed by atoms with E-state index in [-0.39, 0.29) is 31.1 Å². The number of ether oxygens (including phenoxy) is 2. The van der Waals surface area contributed by atoms with Gasteiger partial charge in [-0.05, 0) is 23.1 Å². The molecule has 1 unspecified atom stereocenters. The Morgan fingerprint density at radius 3 is 2.52 bits per heavy atom. The van der Waals surface area contributed by atoms with E-state index < -0.39 is 12.1 Å². The third kappa shape index (κ3) is 4.69. The van der Waals surface area contributed by atoms with E-state index in [0.29, 0.717) is 12.3 Å². The summed E-state index contributed by atoms with van der Waals surface area (Å²) in [6.45, 7) is 6.94. The van der Waals surface area contributed by atoms with E-state index in [9.17, 15) is 9.59 Å². The number of morpholine rings is 1. The molecule has 126 valence electrons. The SMILES string of the molecule is CC(C)(C)c1ccc(OCC(=O)N2CCOC(C(=O)O)C2)cc1. The summed E-state index contributed by atoms with van der Waals surface area (Å²) in [4.78, 5) is 24.5. The molecule has 0 aliphatic carbocycles. The molecular formula is C17H23NO5. The number of aliphatic carboxylic acids is 1. The minimum atomic E-state index is -1.05. The number of carboxylic acids is 1. The molecule has 1 fully saturated rings. The number of hydrogen-bond donors (Lipinski definition) is 1. The molecule has 6 heteroatoms. The van der Waals surface area contributed by atoms with Gasteiger partial charge in [0.1, 0.15) is 5.75 Å². The largest absolute Gasteiger partial charge is 0.484 e. The zero-order valence-corrected chi connectivity index (χ0v) is 13.7. The topological polar surface area (TPSA) is 76.1 Å². The van der Waals surface area contributed by atoms with Crippen molar-refractivity contribution in [3.8, 4) is 5.75 Å². The van der Waals surface area contributed by atoms with Gasteiger partial charge in [-0.15, -0.1) is 0 Å². The Bertz CT molecular complexity index is 561. The molecule has 0 aromatic heterocycles. The Morgan fingerprint density at radius 1 is 1.30 bits per heavy atom. The summed E-state index contributed by atoms with van der Waals surface area (Å²) in [5, 5.41) is 8.94. The van der Waals surface area contributed by atoms with Gasteiger partial charge < -0.3 is 19.5 Å². The number of benzene rings is 1. The van der Waals surface area contributed by atoms with Crippen LogP contribution in [0.3, 0.4) is 0 Å². The standard InChI is InChI=1S/C17H23NO5/c1-17(2,3)12-4-6-13(7-5-12)23-11-15(19)18-8-9-22-14(10-18)16(20)21/h4-7,14H,8-11H2,1-3H3,(H,20,21). The predicted molar refractivity (Wildman–Crippen MR) is 84.6 cm³/mol. The summed E-state index contributed by atoms with van der Waals surface area (Å²) in [7, 11) is 0. The van der Waals surface area contributed by atoms with Crippen LogP contribution in [0.2, 0.25) is 0 Å². The van der Waals surface area contributed by atoms with Gasteiger partial charge in [0.25, 0.3) is 5.91 Å². The Kier molecular flexibility index (Phi) is 5.26. The van der Waals surface area contributed by atoms with Crippen LogP contribution in [0.25, 0.3) is 0 Å². The fraction of sp³-hybridized carbons (Fsp3) is 0.529. The second kappa shape index (κ2) is 7.00. The zero-order valence-electron chi connectivity index (χ0n) is 13.7. The van der Waals surface area contributed by atoms with Crippen LogP contribution in [0.15, 0.2) is 24.3 Å². The summed E-state index contributed by atoms with van der Waals surface area (Å²) >= 11 is 0. The summed E-state index contributed by atoms with van der Waals surface area (Å²) in [5.74, 6) is -0.671. The molecule has 6 nitrogen and oxygen atoms in total. The highest BCUT2D eigenvalue weighted by molar-refractivity contribution is 5.79. The summed E-state index contributed by atoms with van der Waals surface area (Å²) in [6.07, 6.45) is -0.959. The normalized spacial score (nSPS) is 18.6. The van der Waals surface area contributed by atoms with Crippen molar-refractivity contribution in [1.29, 1.82) is 0 Å². The highest BCUT2D eigenvalue weighted by Crippen LogP contribution is 2.24. The lowest BCUT2D eigenvalue weighted by Crippen LogP contribution is -2.49. The van der Waals surface area contributed by atoms with E-state index >= 15 is 0 Å². The molecule has 23 heavy (non-hydrogen) atoms. The van der Waals surface area contributed by atoms with Crippen LogP contribution in [0.5, 0.6) is 5.75 Å². The lowest BCUT2D eigenvalue weighted by atomic mass is 9.87. The average molecular weight is 321 g/mol. The first kappa shape index (κ1) is 17.3. The van der Waals surface area contributed by atoms with Crippen molar-refractivity contribution in [2.24, 2.45) is 0 Å². The predicted octanol–water partition coefficient (Wildman–Crippen LogP) is 1.67. The van der Waals surface area contributed by atoms with Gasteiger partial charge in [-0.25, -0.2) is 4.79 Å². The molecule has 1 saturated heterocycles. The minimum absolute atomic E-state index is 0.0560.